The van der Waals surface area contributed by atoms with Crippen LogP contribution in [0.3, 0.4) is 0 Å². The van der Waals surface area contributed by atoms with Crippen molar-refractivity contribution in [3.63, 3.8) is 0 Å². The Bertz CT molecular complexity index is 1380. The van der Waals surface area contributed by atoms with E-state index in [1.807, 2.05) is 12.1 Å². The highest BCUT2D eigenvalue weighted by atomic mass is 31.1. The molecule has 0 radical (unpaired) electrons. The molecule has 196 valence electrons. The molecule has 0 fully saturated rings. The van der Waals surface area contributed by atoms with Crippen LogP contribution in [0.5, 0.6) is 5.75 Å². The van der Waals surface area contributed by atoms with Gasteiger partial charge >= 0.3 is 0 Å². The number of ether oxygens (including phenoxy) is 1. The van der Waals surface area contributed by atoms with Crippen LogP contribution in [0, 0.1) is 5.82 Å². The lowest BCUT2D eigenvalue weighted by Crippen LogP contribution is -2.23. The third-order valence-corrected chi connectivity index (χ3v) is 8.81. The molecule has 0 aromatic heterocycles. The summed E-state index contributed by atoms with van der Waals surface area (Å²) in [7, 11) is 2.03. The van der Waals surface area contributed by atoms with Crippen molar-refractivity contribution in [2.45, 2.75) is 51.6 Å². The number of hydrogen-bond acceptors (Lipinski definition) is 2. The van der Waals surface area contributed by atoms with Crippen LogP contribution in [0.2, 0.25) is 0 Å². The minimum Gasteiger partial charge on any atom is -0.496 e. The lowest BCUT2D eigenvalue weighted by Gasteiger charge is -2.34. The highest BCUT2D eigenvalue weighted by molar-refractivity contribution is 7.48. The zero-order chi connectivity index (χ0) is 27.1. The maximum absolute atomic E-state index is 14.1. The van der Waals surface area contributed by atoms with Crippen molar-refractivity contribution in [1.29, 1.82) is 0 Å². The van der Waals surface area contributed by atoms with Crippen molar-refractivity contribution >= 4 is 19.7 Å². The average Bonchev–Trinajstić information content (AvgIpc) is 2.91. The van der Waals surface area contributed by atoms with Gasteiger partial charge in [-0.05, 0) is 59.5 Å². The normalized spacial score (nSPS) is 13.0. The van der Waals surface area contributed by atoms with Crippen LogP contribution in [0.1, 0.15) is 71.8 Å². The van der Waals surface area contributed by atoms with Gasteiger partial charge in [0.25, 0.3) is 0 Å². The molecule has 0 heterocycles. The van der Waals surface area contributed by atoms with E-state index in [-0.39, 0.29) is 25.3 Å². The summed E-state index contributed by atoms with van der Waals surface area (Å²) in [5.74, 6) is 0.412. The zero-order valence-corrected chi connectivity index (χ0v) is 23.7. The van der Waals surface area contributed by atoms with Gasteiger partial charge in [0.1, 0.15) is 11.6 Å². The van der Waals surface area contributed by atoms with E-state index in [2.05, 4.69) is 74.5 Å². The van der Waals surface area contributed by atoms with Gasteiger partial charge in [-0.1, -0.05) is 108 Å². The highest BCUT2D eigenvalue weighted by Crippen LogP contribution is 2.50. The van der Waals surface area contributed by atoms with Gasteiger partial charge in [-0.25, -0.2) is 4.39 Å². The van der Waals surface area contributed by atoms with E-state index in [0.717, 1.165) is 47.9 Å². The van der Waals surface area contributed by atoms with Gasteiger partial charge in [0.05, 0.1) is 7.11 Å². The Kier molecular flexibility index (Phi) is 9.13. The largest absolute Gasteiger partial charge is 0.496 e. The second kappa shape index (κ2) is 12.5. The van der Waals surface area contributed by atoms with Gasteiger partial charge < -0.3 is 4.74 Å². The maximum Gasteiger partial charge on any atom is 0.160 e. The first-order valence-electron chi connectivity index (χ1n) is 13.2. The van der Waals surface area contributed by atoms with Crippen molar-refractivity contribution in [3.8, 4) is 5.75 Å². The fraction of sp³-hybridized carbons (Fsp3) is 0.265. The number of methoxy groups -OCH3 is 1. The first-order valence-corrected chi connectivity index (χ1v) is 14.2. The molecule has 0 aliphatic heterocycles. The van der Waals surface area contributed by atoms with Crippen molar-refractivity contribution in [1.82, 2.24) is 0 Å². The summed E-state index contributed by atoms with van der Waals surface area (Å²) in [4.78, 5) is 12.4. The van der Waals surface area contributed by atoms with Crippen LogP contribution in [0.15, 0.2) is 91.0 Å². The van der Waals surface area contributed by atoms with E-state index >= 15 is 0 Å². The van der Waals surface area contributed by atoms with Crippen LogP contribution in [-0.2, 0) is 18.0 Å². The number of halogens is 1. The second-order valence-electron chi connectivity index (χ2n) is 10.1. The SMILES string of the molecule is CCCC(C)(Pc1ccc(F)cc1C(C)=O)c1cc(Cc2ccccc2)cc(Cc2ccccc2)c1OC. The van der Waals surface area contributed by atoms with E-state index in [9.17, 15) is 9.18 Å². The lowest BCUT2D eigenvalue weighted by molar-refractivity contribution is 0.101. The third-order valence-electron chi connectivity index (χ3n) is 7.03. The standard InChI is InChI=1S/C34H36FO2P/c1-5-18-34(3,38-32-17-16-29(35)23-30(32)24(2)36)31-22-27(19-25-12-8-6-9-13-25)21-28(33(31)37-4)20-26-14-10-7-11-15-26/h6-17,21-23,38H,5,18-20H2,1-4H3. The Hall–Kier alpha value is -3.29. The monoisotopic (exact) mass is 526 g/mol. The van der Waals surface area contributed by atoms with Crippen molar-refractivity contribution in [2.24, 2.45) is 0 Å². The molecule has 0 amide bonds. The Labute approximate surface area is 228 Å². The van der Waals surface area contributed by atoms with Gasteiger partial charge in [-0.3, -0.25) is 4.79 Å². The predicted octanol–water partition coefficient (Wildman–Crippen LogP) is 8.24. The van der Waals surface area contributed by atoms with Crippen molar-refractivity contribution < 1.29 is 13.9 Å². The van der Waals surface area contributed by atoms with Gasteiger partial charge in [-0.15, -0.1) is 0 Å². The molecule has 2 atom stereocenters. The number of rotatable bonds is 11. The summed E-state index contributed by atoms with van der Waals surface area (Å²) in [5, 5.41) is 0.607. The molecule has 0 aliphatic carbocycles. The Morgan fingerprint density at radius 3 is 2.08 bits per heavy atom. The minimum atomic E-state index is -0.381. The molecule has 0 N–H and O–H groups in total. The molecule has 4 rings (SSSR count). The Morgan fingerprint density at radius 1 is 0.868 bits per heavy atom. The molecule has 4 aromatic carbocycles. The lowest BCUT2D eigenvalue weighted by atomic mass is 9.88. The van der Waals surface area contributed by atoms with E-state index in [1.54, 1.807) is 13.2 Å². The van der Waals surface area contributed by atoms with Crippen LogP contribution < -0.4 is 10.0 Å². The van der Waals surface area contributed by atoms with Crippen LogP contribution >= 0.6 is 8.58 Å². The second-order valence-corrected chi connectivity index (χ2v) is 12.0. The van der Waals surface area contributed by atoms with Gasteiger partial charge in [0.2, 0.25) is 0 Å². The minimum absolute atomic E-state index is 0.111. The summed E-state index contributed by atoms with van der Waals surface area (Å²) in [6, 6.07) is 30.2. The quantitative estimate of drug-likeness (QED) is 0.145. The molecular formula is C34H36FO2P. The molecule has 2 nitrogen and oxygen atoms in total. The fourth-order valence-electron chi connectivity index (χ4n) is 5.27. The molecule has 4 aromatic rings. The average molecular weight is 527 g/mol. The first kappa shape index (κ1) is 27.7. The number of carbonyl (C=O) groups is 1. The predicted molar refractivity (Wildman–Crippen MR) is 158 cm³/mol. The van der Waals surface area contributed by atoms with Crippen LogP contribution in [0.25, 0.3) is 0 Å². The van der Waals surface area contributed by atoms with Crippen LogP contribution in [0.4, 0.5) is 4.39 Å². The van der Waals surface area contributed by atoms with Crippen LogP contribution in [-0.4, -0.2) is 12.9 Å². The molecule has 4 heteroatoms. The summed E-state index contributed by atoms with van der Waals surface area (Å²) < 4.78 is 20.2. The molecule has 2 unspecified atom stereocenters. The first-order chi connectivity index (χ1) is 18.3. The van der Waals surface area contributed by atoms with Gasteiger partial charge in [0, 0.05) is 22.7 Å². The Morgan fingerprint density at radius 2 is 1.50 bits per heavy atom. The summed E-state index contributed by atoms with van der Waals surface area (Å²) in [6.45, 7) is 5.96. The number of Topliss-reactive ketones (excluding diaryl/α,β-unsaturated/α-hetero) is 1. The molecular weight excluding hydrogens is 490 g/mol. The number of benzene rings is 4. The molecule has 0 saturated heterocycles. The molecule has 38 heavy (non-hydrogen) atoms. The Balaban J connectivity index is 1.87. The third kappa shape index (κ3) is 6.58. The van der Waals surface area contributed by atoms with E-state index < -0.39 is 0 Å². The number of hydrogen-bond donors (Lipinski definition) is 0. The summed E-state index contributed by atoms with van der Waals surface area (Å²) in [6.07, 6.45) is 3.47. The van der Waals surface area contributed by atoms with E-state index in [4.69, 9.17) is 4.74 Å². The van der Waals surface area contributed by atoms with Gasteiger partial charge in [0.15, 0.2) is 5.78 Å². The van der Waals surface area contributed by atoms with Crippen molar-refractivity contribution in [2.75, 3.05) is 7.11 Å². The van der Waals surface area contributed by atoms with Gasteiger partial charge in [-0.2, -0.15) is 0 Å². The fourth-order valence-corrected chi connectivity index (χ4v) is 7.10. The topological polar surface area (TPSA) is 26.3 Å². The number of ketones is 1. The molecule has 0 spiro atoms. The molecule has 0 aliphatic rings. The maximum atomic E-state index is 14.1. The van der Waals surface area contributed by atoms with E-state index in [1.165, 1.54) is 35.7 Å². The highest BCUT2D eigenvalue weighted by Gasteiger charge is 2.32. The molecule has 0 bridgehead atoms. The molecule has 0 saturated carbocycles. The smallest absolute Gasteiger partial charge is 0.160 e. The van der Waals surface area contributed by atoms with Crippen molar-refractivity contribution in [3.05, 3.63) is 130 Å². The summed E-state index contributed by atoms with van der Waals surface area (Å²) in [5.41, 5.74) is 6.49. The van der Waals surface area contributed by atoms with E-state index in [0.29, 0.717) is 5.56 Å². The summed E-state index contributed by atoms with van der Waals surface area (Å²) >= 11 is 0. The zero-order valence-electron chi connectivity index (χ0n) is 22.7. The number of carbonyl (C=O) groups excluding carboxylic acids is 1.